The molecule has 0 fully saturated rings. The van der Waals surface area contributed by atoms with Gasteiger partial charge >= 0.3 is 14.2 Å². The van der Waals surface area contributed by atoms with Gasteiger partial charge in [-0.3, -0.25) is 4.79 Å². The van der Waals surface area contributed by atoms with Gasteiger partial charge in [0.2, 0.25) is 0 Å². The lowest BCUT2D eigenvalue weighted by Gasteiger charge is -2.43. The first kappa shape index (κ1) is 20.5. The summed E-state index contributed by atoms with van der Waals surface area (Å²) in [6.45, 7) is 14.1. The van der Waals surface area contributed by atoms with Gasteiger partial charge in [-0.05, 0) is 24.2 Å². The van der Waals surface area contributed by atoms with Crippen LogP contribution in [0.25, 0.3) is 0 Å². The average Bonchev–Trinajstić information content (AvgIpc) is 2.23. The number of carbonyl (C=O) groups is 1. The summed E-state index contributed by atoms with van der Waals surface area (Å²) in [5.41, 5.74) is -0.923. The lowest BCUT2D eigenvalue weighted by atomic mass is 9.61. The van der Waals surface area contributed by atoms with Gasteiger partial charge in [-0.2, -0.15) is 4.89 Å². The Labute approximate surface area is 128 Å². The van der Waals surface area contributed by atoms with Crippen molar-refractivity contribution in [3.8, 4) is 0 Å². The summed E-state index contributed by atoms with van der Waals surface area (Å²) >= 11 is 0. The van der Waals surface area contributed by atoms with Crippen LogP contribution in [-0.4, -0.2) is 24.1 Å². The molecule has 0 aromatic rings. The maximum absolute atomic E-state index is 12.5. The minimum absolute atomic E-state index is 0.0179. The van der Waals surface area contributed by atoms with E-state index < -0.39 is 13.7 Å². The van der Waals surface area contributed by atoms with E-state index in [1.54, 1.807) is 0 Å². The highest BCUT2D eigenvalue weighted by molar-refractivity contribution is 7.31. The third-order valence-electron chi connectivity index (χ3n) is 3.51. The van der Waals surface area contributed by atoms with E-state index in [1.165, 1.54) is 0 Å². The molecule has 0 heterocycles. The fraction of sp³-hybridized carbons (Fsp3) is 0.929. The lowest BCUT2D eigenvalue weighted by Crippen LogP contribution is -2.44. The predicted molar refractivity (Wildman–Crippen MR) is 79.5 cm³/mol. The predicted octanol–water partition coefficient (Wildman–Crippen LogP) is 3.62. The van der Waals surface area contributed by atoms with Crippen LogP contribution < -0.4 is 0 Å². The molecule has 7 heteroatoms. The molecule has 2 atom stereocenters. The van der Waals surface area contributed by atoms with Crippen LogP contribution in [0.15, 0.2) is 0 Å². The molecule has 0 aliphatic carbocycles. The number of rotatable bonds is 7. The van der Waals surface area contributed by atoms with Crippen molar-refractivity contribution in [2.75, 3.05) is 13.2 Å². The normalized spacial score (nSPS) is 16.3. The first-order valence-corrected chi connectivity index (χ1v) is 8.05. The Balaban J connectivity index is 4.65. The highest BCUT2D eigenvalue weighted by atomic mass is 31.1. The number of carbonyl (C=O) groups excluding carboxylic acids is 1. The third-order valence-corrected chi connectivity index (χ3v) is 3.74. The Bertz CT molecular complexity index is 369. The van der Waals surface area contributed by atoms with E-state index in [-0.39, 0.29) is 30.0 Å². The molecule has 0 saturated heterocycles. The molecular formula is C14H28O6P+. The zero-order valence-electron chi connectivity index (χ0n) is 14.1. The van der Waals surface area contributed by atoms with Crippen LogP contribution in [-0.2, 0) is 23.7 Å². The largest absolute Gasteiger partial charge is 0.725 e. The monoisotopic (exact) mass is 323 g/mol. The van der Waals surface area contributed by atoms with Gasteiger partial charge < -0.3 is 4.74 Å². The highest BCUT2D eigenvalue weighted by Gasteiger charge is 2.47. The molecule has 6 nitrogen and oxygen atoms in total. The summed E-state index contributed by atoms with van der Waals surface area (Å²) in [5, 5.41) is 0. The van der Waals surface area contributed by atoms with Gasteiger partial charge in [0.1, 0.15) is 13.2 Å². The van der Waals surface area contributed by atoms with Gasteiger partial charge in [0.05, 0.1) is 10.1 Å². The second-order valence-corrected chi connectivity index (χ2v) is 8.21. The van der Waals surface area contributed by atoms with Crippen molar-refractivity contribution in [3.05, 3.63) is 0 Å². The molecule has 0 rings (SSSR count). The second-order valence-electron chi connectivity index (χ2n) is 7.59. The Morgan fingerprint density at radius 2 is 1.57 bits per heavy atom. The zero-order valence-corrected chi connectivity index (χ0v) is 15.0. The molecule has 0 aromatic heterocycles. The van der Waals surface area contributed by atoms with E-state index >= 15 is 0 Å². The Morgan fingerprint density at radius 1 is 1.05 bits per heavy atom. The maximum atomic E-state index is 12.5. The first-order chi connectivity index (χ1) is 9.29. The molecule has 0 spiro atoms. The van der Waals surface area contributed by atoms with Crippen LogP contribution in [0, 0.1) is 16.2 Å². The Kier molecular flexibility index (Phi) is 7.43. The molecule has 124 valence electrons. The summed E-state index contributed by atoms with van der Waals surface area (Å²) in [5.74, 6) is -0.304. The molecule has 0 aliphatic heterocycles. The highest BCUT2D eigenvalue weighted by Crippen LogP contribution is 2.47. The van der Waals surface area contributed by atoms with Crippen LogP contribution in [0.1, 0.15) is 54.9 Å². The molecule has 0 bridgehead atoms. The van der Waals surface area contributed by atoms with E-state index in [9.17, 15) is 9.36 Å². The summed E-state index contributed by atoms with van der Waals surface area (Å²) in [6, 6.07) is 0. The van der Waals surface area contributed by atoms with Crippen LogP contribution in [0.4, 0.5) is 0 Å². The topological polar surface area (TPSA) is 82.1 Å². The van der Waals surface area contributed by atoms with E-state index in [4.69, 9.17) is 9.63 Å². The first-order valence-electron chi connectivity index (χ1n) is 6.92. The van der Waals surface area contributed by atoms with Gasteiger partial charge in [0.25, 0.3) is 0 Å². The molecule has 1 N–H and O–H groups in total. The van der Waals surface area contributed by atoms with Gasteiger partial charge in [-0.15, -0.1) is 4.89 Å². The summed E-state index contributed by atoms with van der Waals surface area (Å²) in [4.78, 5) is 25.3. The van der Waals surface area contributed by atoms with Gasteiger partial charge in [-0.25, -0.2) is 0 Å². The molecule has 0 amide bonds. The SMILES string of the molecule is CC(C)(C)CC(C)(C(=O)OCCOO[P+](=O)O)C(C)(C)C. The van der Waals surface area contributed by atoms with Crippen LogP contribution in [0.2, 0.25) is 0 Å². The van der Waals surface area contributed by atoms with Crippen molar-refractivity contribution < 1.29 is 28.6 Å². The molecule has 0 aliphatic rings. The molecule has 2 unspecified atom stereocenters. The van der Waals surface area contributed by atoms with Crippen molar-refractivity contribution in [1.29, 1.82) is 0 Å². The quantitative estimate of drug-likeness (QED) is 0.253. The van der Waals surface area contributed by atoms with Crippen molar-refractivity contribution in [2.45, 2.75) is 54.9 Å². The minimum Gasteiger partial charge on any atom is -0.463 e. The molecule has 0 saturated carbocycles. The van der Waals surface area contributed by atoms with E-state index in [0.717, 1.165) is 0 Å². The minimum atomic E-state index is -2.80. The fourth-order valence-corrected chi connectivity index (χ4v) is 2.28. The van der Waals surface area contributed by atoms with Crippen LogP contribution in [0.5, 0.6) is 0 Å². The molecule has 0 aromatic carbocycles. The standard InChI is InChI=1S/C14H27O6P/c1-12(2,3)10-14(7,13(4,5)6)11(15)18-8-9-19-20-21(16)17/h8-10H2,1-7H3/p+1. The van der Waals surface area contributed by atoms with Gasteiger partial charge in [-0.1, -0.05) is 41.5 Å². The average molecular weight is 323 g/mol. The smallest absolute Gasteiger partial charge is 0.463 e. The van der Waals surface area contributed by atoms with Crippen molar-refractivity contribution >= 4 is 14.2 Å². The number of ether oxygens (including phenoxy) is 1. The van der Waals surface area contributed by atoms with E-state index in [2.05, 4.69) is 30.3 Å². The summed E-state index contributed by atoms with van der Waals surface area (Å²) < 4.78 is 19.5. The maximum Gasteiger partial charge on any atom is 0.725 e. The Morgan fingerprint density at radius 3 is 1.95 bits per heavy atom. The molecule has 0 radical (unpaired) electrons. The van der Waals surface area contributed by atoms with Gasteiger partial charge in [0.15, 0.2) is 0 Å². The molecular weight excluding hydrogens is 295 g/mol. The number of esters is 1. The second kappa shape index (κ2) is 7.63. The van der Waals surface area contributed by atoms with Crippen molar-refractivity contribution in [1.82, 2.24) is 0 Å². The molecule has 21 heavy (non-hydrogen) atoms. The van der Waals surface area contributed by atoms with Crippen molar-refractivity contribution in [3.63, 3.8) is 0 Å². The van der Waals surface area contributed by atoms with E-state index in [1.807, 2.05) is 27.7 Å². The Hall–Kier alpha value is -0.550. The third kappa shape index (κ3) is 7.32. The van der Waals surface area contributed by atoms with Crippen LogP contribution >= 0.6 is 8.25 Å². The van der Waals surface area contributed by atoms with Crippen molar-refractivity contribution in [2.24, 2.45) is 16.2 Å². The number of hydrogen-bond donors (Lipinski definition) is 1. The van der Waals surface area contributed by atoms with Crippen LogP contribution in [0.3, 0.4) is 0 Å². The summed E-state index contributed by atoms with van der Waals surface area (Å²) in [6.07, 6.45) is 0.683. The van der Waals surface area contributed by atoms with Gasteiger partial charge in [0, 0.05) is 4.57 Å². The van der Waals surface area contributed by atoms with E-state index in [0.29, 0.717) is 6.42 Å². The lowest BCUT2D eigenvalue weighted by molar-refractivity contribution is -0.218. The summed E-state index contributed by atoms with van der Waals surface area (Å²) in [7, 11) is -2.80. The zero-order chi connectivity index (χ0) is 16.9. The number of hydrogen-bond acceptors (Lipinski definition) is 5. The fourth-order valence-electron chi connectivity index (χ4n) is 2.11.